The summed E-state index contributed by atoms with van der Waals surface area (Å²) < 4.78 is 27.0. The van der Waals surface area contributed by atoms with Crippen molar-refractivity contribution in [1.82, 2.24) is 0 Å². The zero-order chi connectivity index (χ0) is 10.3. The van der Waals surface area contributed by atoms with E-state index >= 15 is 0 Å². The highest BCUT2D eigenvalue weighted by molar-refractivity contribution is 9.10. The van der Waals surface area contributed by atoms with Crippen LogP contribution >= 0.6 is 15.9 Å². The summed E-state index contributed by atoms with van der Waals surface area (Å²) in [5.41, 5.74) is 1.15. The van der Waals surface area contributed by atoms with Crippen LogP contribution in [0.5, 0.6) is 0 Å². The van der Waals surface area contributed by atoms with E-state index in [-0.39, 0.29) is 0 Å². The average Bonchev–Trinajstić information content (AvgIpc) is 2.14. The molecule has 0 aliphatic carbocycles. The molecule has 76 valence electrons. The van der Waals surface area contributed by atoms with Gasteiger partial charge in [-0.1, -0.05) is 0 Å². The third kappa shape index (κ3) is 1.52. The van der Waals surface area contributed by atoms with Crippen LogP contribution in [0.3, 0.4) is 0 Å². The highest BCUT2D eigenvalue weighted by Gasteiger charge is 2.22. The molecule has 1 aromatic carbocycles. The standard InChI is InChI=1S/C10H10BrF2N/c1-5-2-3-6-9(13)8(12)4-7(11)10(6)14-5/h4-5,14H,2-3H2,1H3. The summed E-state index contributed by atoms with van der Waals surface area (Å²) in [6.45, 7) is 2.02. The Bertz CT molecular complexity index is 379. The summed E-state index contributed by atoms with van der Waals surface area (Å²) in [5.74, 6) is -1.51. The lowest BCUT2D eigenvalue weighted by Crippen LogP contribution is -2.23. The maximum atomic E-state index is 13.4. The van der Waals surface area contributed by atoms with Crippen LogP contribution in [-0.4, -0.2) is 6.04 Å². The second kappa shape index (κ2) is 3.50. The number of benzene rings is 1. The minimum Gasteiger partial charge on any atom is -0.381 e. The van der Waals surface area contributed by atoms with Gasteiger partial charge in [0.2, 0.25) is 0 Å². The van der Waals surface area contributed by atoms with Gasteiger partial charge in [0.1, 0.15) is 0 Å². The Hall–Kier alpha value is -0.640. The van der Waals surface area contributed by atoms with E-state index in [2.05, 4.69) is 21.2 Å². The Morgan fingerprint density at radius 3 is 2.93 bits per heavy atom. The van der Waals surface area contributed by atoms with Crippen molar-refractivity contribution >= 4 is 21.6 Å². The smallest absolute Gasteiger partial charge is 0.164 e. The van der Waals surface area contributed by atoms with E-state index in [4.69, 9.17) is 0 Å². The van der Waals surface area contributed by atoms with Crippen LogP contribution in [0.4, 0.5) is 14.5 Å². The topological polar surface area (TPSA) is 12.0 Å². The van der Waals surface area contributed by atoms with Gasteiger partial charge in [-0.05, 0) is 41.8 Å². The van der Waals surface area contributed by atoms with Gasteiger partial charge < -0.3 is 5.32 Å². The molecule has 0 spiro atoms. The number of hydrogen-bond acceptors (Lipinski definition) is 1. The third-order valence-electron chi connectivity index (χ3n) is 2.49. The Labute approximate surface area is 89.6 Å². The molecular formula is C10H10BrF2N. The molecule has 0 saturated heterocycles. The Morgan fingerprint density at radius 2 is 2.21 bits per heavy atom. The summed E-state index contributed by atoms with van der Waals surface area (Å²) >= 11 is 3.23. The maximum absolute atomic E-state index is 13.4. The molecule has 1 unspecified atom stereocenters. The third-order valence-corrected chi connectivity index (χ3v) is 3.11. The predicted octanol–water partition coefficient (Wildman–Crippen LogP) is 3.47. The fraction of sp³-hybridized carbons (Fsp3) is 0.400. The molecule has 0 saturated carbocycles. The zero-order valence-electron chi connectivity index (χ0n) is 7.70. The van der Waals surface area contributed by atoms with Crippen molar-refractivity contribution in [3.05, 3.63) is 27.7 Å². The molecule has 1 aromatic rings. The first kappa shape index (κ1) is 9.90. The lowest BCUT2D eigenvalue weighted by molar-refractivity contribution is 0.491. The molecule has 1 N–H and O–H groups in total. The van der Waals surface area contributed by atoms with E-state index in [1.165, 1.54) is 6.07 Å². The molecular weight excluding hydrogens is 252 g/mol. The number of fused-ring (bicyclic) bond motifs is 1. The number of rotatable bonds is 0. The van der Waals surface area contributed by atoms with Crippen molar-refractivity contribution in [2.45, 2.75) is 25.8 Å². The zero-order valence-corrected chi connectivity index (χ0v) is 9.29. The fourth-order valence-corrected chi connectivity index (χ4v) is 2.27. The van der Waals surface area contributed by atoms with Gasteiger partial charge in [-0.2, -0.15) is 0 Å². The van der Waals surface area contributed by atoms with Crippen molar-refractivity contribution < 1.29 is 8.78 Å². The number of halogens is 3. The van der Waals surface area contributed by atoms with Crippen LogP contribution in [0.25, 0.3) is 0 Å². The van der Waals surface area contributed by atoms with E-state index in [9.17, 15) is 8.78 Å². The van der Waals surface area contributed by atoms with Crippen molar-refractivity contribution in [3.63, 3.8) is 0 Å². The first-order chi connectivity index (χ1) is 6.59. The average molecular weight is 262 g/mol. The second-order valence-corrected chi connectivity index (χ2v) is 4.45. The predicted molar refractivity (Wildman–Crippen MR) is 55.5 cm³/mol. The molecule has 1 aliphatic heterocycles. The molecule has 14 heavy (non-hydrogen) atoms. The Kier molecular flexibility index (Phi) is 2.47. The first-order valence-corrected chi connectivity index (χ1v) is 5.32. The molecule has 0 fully saturated rings. The highest BCUT2D eigenvalue weighted by Crippen LogP contribution is 2.35. The van der Waals surface area contributed by atoms with E-state index in [1.54, 1.807) is 0 Å². The van der Waals surface area contributed by atoms with E-state index in [1.807, 2.05) is 6.92 Å². The highest BCUT2D eigenvalue weighted by atomic mass is 79.9. The minimum atomic E-state index is -0.785. The molecule has 0 bridgehead atoms. The van der Waals surface area contributed by atoms with Crippen molar-refractivity contribution in [2.24, 2.45) is 0 Å². The molecule has 4 heteroatoms. The molecule has 0 radical (unpaired) electrons. The van der Waals surface area contributed by atoms with Gasteiger partial charge in [-0.15, -0.1) is 0 Å². The van der Waals surface area contributed by atoms with E-state index < -0.39 is 11.6 Å². The van der Waals surface area contributed by atoms with Gasteiger partial charge in [-0.3, -0.25) is 0 Å². The largest absolute Gasteiger partial charge is 0.381 e. The number of hydrogen-bond donors (Lipinski definition) is 1. The van der Waals surface area contributed by atoms with Crippen molar-refractivity contribution in [3.8, 4) is 0 Å². The Balaban J connectivity index is 2.57. The number of anilines is 1. The van der Waals surface area contributed by atoms with Gasteiger partial charge in [0.05, 0.1) is 5.69 Å². The van der Waals surface area contributed by atoms with Crippen molar-refractivity contribution in [1.29, 1.82) is 0 Å². The molecule has 2 rings (SSSR count). The summed E-state index contributed by atoms with van der Waals surface area (Å²) in [7, 11) is 0. The van der Waals surface area contributed by atoms with E-state index in [0.717, 1.165) is 6.42 Å². The quantitative estimate of drug-likeness (QED) is 0.706. The fourth-order valence-electron chi connectivity index (χ4n) is 1.72. The lowest BCUT2D eigenvalue weighted by atomic mass is 9.98. The van der Waals surface area contributed by atoms with Crippen LogP contribution in [-0.2, 0) is 6.42 Å². The maximum Gasteiger partial charge on any atom is 0.164 e. The first-order valence-electron chi connectivity index (χ1n) is 4.52. The number of nitrogens with one attached hydrogen (secondary N) is 1. The molecule has 1 heterocycles. The minimum absolute atomic E-state index is 0.309. The van der Waals surface area contributed by atoms with E-state index in [0.29, 0.717) is 28.2 Å². The van der Waals surface area contributed by atoms with Crippen LogP contribution in [0.15, 0.2) is 10.5 Å². The second-order valence-electron chi connectivity index (χ2n) is 3.59. The van der Waals surface area contributed by atoms with Gasteiger partial charge >= 0.3 is 0 Å². The molecule has 1 aliphatic rings. The summed E-state index contributed by atoms with van der Waals surface area (Å²) in [6, 6.07) is 1.47. The molecule has 0 amide bonds. The van der Waals surface area contributed by atoms with Gasteiger partial charge in [-0.25, -0.2) is 8.78 Å². The summed E-state index contributed by atoms with van der Waals surface area (Å²) in [6.07, 6.45) is 1.42. The molecule has 1 nitrogen and oxygen atoms in total. The normalized spacial score (nSPS) is 20.1. The lowest BCUT2D eigenvalue weighted by Gasteiger charge is -2.25. The molecule has 0 aromatic heterocycles. The monoisotopic (exact) mass is 261 g/mol. The van der Waals surface area contributed by atoms with Gasteiger partial charge in [0.15, 0.2) is 11.6 Å². The summed E-state index contributed by atoms with van der Waals surface area (Å²) in [4.78, 5) is 0. The SMILES string of the molecule is CC1CCc2c(F)c(F)cc(Br)c2N1. The van der Waals surface area contributed by atoms with Crippen LogP contribution in [0.1, 0.15) is 18.9 Å². The molecule has 1 atom stereocenters. The van der Waals surface area contributed by atoms with Crippen molar-refractivity contribution in [2.75, 3.05) is 5.32 Å². The van der Waals surface area contributed by atoms with Crippen LogP contribution in [0.2, 0.25) is 0 Å². The van der Waals surface area contributed by atoms with Crippen LogP contribution in [0, 0.1) is 11.6 Å². The van der Waals surface area contributed by atoms with Gasteiger partial charge in [0, 0.05) is 16.1 Å². The van der Waals surface area contributed by atoms with Crippen LogP contribution < -0.4 is 5.32 Å². The van der Waals surface area contributed by atoms with Gasteiger partial charge in [0.25, 0.3) is 0 Å². The Morgan fingerprint density at radius 1 is 1.50 bits per heavy atom. The summed E-state index contributed by atoms with van der Waals surface area (Å²) in [5, 5.41) is 3.14.